The van der Waals surface area contributed by atoms with E-state index in [9.17, 15) is 17.6 Å². The largest absolute Gasteiger partial charge is 0.573 e. The lowest BCUT2D eigenvalue weighted by atomic mass is 10.1. The van der Waals surface area contributed by atoms with E-state index in [-0.39, 0.29) is 5.75 Å². The highest BCUT2D eigenvalue weighted by atomic mass is 127. The first-order valence-corrected chi connectivity index (χ1v) is 6.10. The number of hydrogen-bond acceptors (Lipinski definition) is 2. The quantitative estimate of drug-likeness (QED) is 0.567. The number of halogens is 5. The van der Waals surface area contributed by atoms with E-state index in [2.05, 4.69) is 9.72 Å². The minimum absolute atomic E-state index is 0.341. The fourth-order valence-corrected chi connectivity index (χ4v) is 2.22. The van der Waals surface area contributed by atoms with Crippen molar-refractivity contribution in [3.8, 4) is 17.0 Å². The Morgan fingerprint density at radius 2 is 1.89 bits per heavy atom. The monoisotopic (exact) mass is 383 g/mol. The van der Waals surface area contributed by atoms with E-state index >= 15 is 0 Å². The van der Waals surface area contributed by atoms with Gasteiger partial charge in [-0.15, -0.1) is 13.2 Å². The molecule has 19 heavy (non-hydrogen) atoms. The van der Waals surface area contributed by atoms with Gasteiger partial charge in [-0.2, -0.15) is 0 Å². The van der Waals surface area contributed by atoms with Crippen molar-refractivity contribution in [3.63, 3.8) is 0 Å². The van der Waals surface area contributed by atoms with Crippen molar-refractivity contribution in [3.05, 3.63) is 45.9 Å². The lowest BCUT2D eigenvalue weighted by Crippen LogP contribution is -2.17. The van der Waals surface area contributed by atoms with Crippen LogP contribution in [0.5, 0.6) is 5.75 Å². The number of pyridine rings is 1. The maximum atomic E-state index is 12.9. The molecular weight excluding hydrogens is 377 g/mol. The molecule has 0 spiro atoms. The van der Waals surface area contributed by atoms with Crippen LogP contribution in [0.4, 0.5) is 17.6 Å². The standard InChI is InChI=1S/C12H6F4INO/c13-8-5-10(17)11(18-6-8)7-2-1-3-9(4-7)19-12(14,15)16/h1-6H. The van der Waals surface area contributed by atoms with E-state index in [0.717, 1.165) is 6.20 Å². The highest BCUT2D eigenvalue weighted by Gasteiger charge is 2.31. The van der Waals surface area contributed by atoms with Crippen LogP contribution >= 0.6 is 22.6 Å². The van der Waals surface area contributed by atoms with Gasteiger partial charge in [-0.3, -0.25) is 4.98 Å². The van der Waals surface area contributed by atoms with Crippen LogP contribution in [0.2, 0.25) is 0 Å². The van der Waals surface area contributed by atoms with Gasteiger partial charge in [0, 0.05) is 9.13 Å². The molecule has 1 heterocycles. The van der Waals surface area contributed by atoms with Gasteiger partial charge in [0.15, 0.2) is 0 Å². The molecule has 0 saturated carbocycles. The normalized spacial score (nSPS) is 11.4. The minimum atomic E-state index is -4.75. The molecule has 0 bridgehead atoms. The third kappa shape index (κ3) is 3.79. The van der Waals surface area contributed by atoms with Gasteiger partial charge in [-0.1, -0.05) is 12.1 Å². The molecule has 0 radical (unpaired) electrons. The van der Waals surface area contributed by atoms with Crippen molar-refractivity contribution in [1.82, 2.24) is 4.98 Å². The van der Waals surface area contributed by atoms with Gasteiger partial charge in [0.25, 0.3) is 0 Å². The molecule has 0 aliphatic rings. The Bertz CT molecular complexity index is 601. The molecule has 0 N–H and O–H groups in total. The summed E-state index contributed by atoms with van der Waals surface area (Å²) >= 11 is 1.86. The molecule has 2 aromatic rings. The predicted molar refractivity (Wildman–Crippen MR) is 69.0 cm³/mol. The first-order chi connectivity index (χ1) is 8.85. The van der Waals surface area contributed by atoms with Crippen LogP contribution in [-0.2, 0) is 0 Å². The van der Waals surface area contributed by atoms with E-state index in [4.69, 9.17) is 0 Å². The fourth-order valence-electron chi connectivity index (χ4n) is 1.47. The molecule has 0 aliphatic heterocycles. The van der Waals surface area contributed by atoms with E-state index in [1.165, 1.54) is 24.3 Å². The molecule has 2 rings (SSSR count). The Balaban J connectivity index is 2.38. The predicted octanol–water partition coefficient (Wildman–Crippen LogP) is 4.39. The van der Waals surface area contributed by atoms with Gasteiger partial charge < -0.3 is 4.74 Å². The number of ether oxygens (including phenoxy) is 1. The topological polar surface area (TPSA) is 22.1 Å². The lowest BCUT2D eigenvalue weighted by Gasteiger charge is -2.10. The molecule has 0 fully saturated rings. The van der Waals surface area contributed by atoms with Gasteiger partial charge in [-0.05, 0) is 40.8 Å². The van der Waals surface area contributed by atoms with Crippen molar-refractivity contribution in [2.45, 2.75) is 6.36 Å². The van der Waals surface area contributed by atoms with Gasteiger partial charge in [0.2, 0.25) is 0 Å². The summed E-state index contributed by atoms with van der Waals surface area (Å²) in [6, 6.07) is 6.63. The van der Waals surface area contributed by atoms with Gasteiger partial charge in [0.05, 0.1) is 11.9 Å². The lowest BCUT2D eigenvalue weighted by molar-refractivity contribution is -0.274. The van der Waals surface area contributed by atoms with Crippen LogP contribution in [0.3, 0.4) is 0 Å². The molecule has 0 saturated heterocycles. The maximum Gasteiger partial charge on any atom is 0.573 e. The highest BCUT2D eigenvalue weighted by molar-refractivity contribution is 14.1. The summed E-state index contributed by atoms with van der Waals surface area (Å²) in [5.74, 6) is -0.845. The summed E-state index contributed by atoms with van der Waals surface area (Å²) in [6.07, 6.45) is -3.74. The van der Waals surface area contributed by atoms with Crippen molar-refractivity contribution in [2.24, 2.45) is 0 Å². The summed E-state index contributed by atoms with van der Waals surface area (Å²) in [7, 11) is 0. The summed E-state index contributed by atoms with van der Waals surface area (Å²) in [4.78, 5) is 3.87. The van der Waals surface area contributed by atoms with Crippen molar-refractivity contribution < 1.29 is 22.3 Å². The molecule has 0 amide bonds. The summed E-state index contributed by atoms with van der Waals surface area (Å²) in [5.41, 5.74) is 0.820. The van der Waals surface area contributed by atoms with Crippen LogP contribution in [-0.4, -0.2) is 11.3 Å². The number of rotatable bonds is 2. The van der Waals surface area contributed by atoms with Crippen molar-refractivity contribution in [2.75, 3.05) is 0 Å². The fraction of sp³-hybridized carbons (Fsp3) is 0.0833. The number of alkyl halides is 3. The molecule has 7 heteroatoms. The second-order valence-corrected chi connectivity index (χ2v) is 4.72. The Kier molecular flexibility index (Phi) is 3.93. The minimum Gasteiger partial charge on any atom is -0.406 e. The van der Waals surface area contributed by atoms with Gasteiger partial charge >= 0.3 is 6.36 Å². The Hall–Kier alpha value is -1.38. The molecular formula is C12H6F4INO. The van der Waals surface area contributed by atoms with E-state index < -0.39 is 12.2 Å². The van der Waals surface area contributed by atoms with E-state index in [0.29, 0.717) is 14.8 Å². The maximum absolute atomic E-state index is 12.9. The van der Waals surface area contributed by atoms with Crippen LogP contribution < -0.4 is 4.74 Å². The molecule has 0 atom stereocenters. The van der Waals surface area contributed by atoms with Crippen LogP contribution in [0.15, 0.2) is 36.5 Å². The molecule has 1 aromatic heterocycles. The number of hydrogen-bond donors (Lipinski definition) is 0. The molecule has 0 aliphatic carbocycles. The zero-order chi connectivity index (χ0) is 14.0. The first-order valence-electron chi connectivity index (χ1n) is 5.02. The zero-order valence-electron chi connectivity index (χ0n) is 9.21. The summed E-state index contributed by atoms with van der Waals surface area (Å²) in [5, 5.41) is 0. The Morgan fingerprint density at radius 3 is 2.53 bits per heavy atom. The molecule has 0 unspecified atom stereocenters. The average molecular weight is 383 g/mol. The van der Waals surface area contributed by atoms with Crippen molar-refractivity contribution >= 4 is 22.6 Å². The molecule has 2 nitrogen and oxygen atoms in total. The number of nitrogens with zero attached hydrogens (tertiary/aromatic N) is 1. The van der Waals surface area contributed by atoms with Gasteiger partial charge in [0.1, 0.15) is 11.6 Å². The van der Waals surface area contributed by atoms with Crippen LogP contribution in [0, 0.1) is 9.39 Å². The van der Waals surface area contributed by atoms with Crippen molar-refractivity contribution in [1.29, 1.82) is 0 Å². The van der Waals surface area contributed by atoms with Gasteiger partial charge in [-0.25, -0.2) is 4.39 Å². The van der Waals surface area contributed by atoms with E-state index in [1.807, 2.05) is 22.6 Å². The second-order valence-electron chi connectivity index (χ2n) is 3.56. The zero-order valence-corrected chi connectivity index (χ0v) is 11.4. The second kappa shape index (κ2) is 5.32. The number of benzene rings is 1. The van der Waals surface area contributed by atoms with Crippen LogP contribution in [0.1, 0.15) is 0 Å². The third-order valence-corrected chi connectivity index (χ3v) is 2.97. The highest BCUT2D eigenvalue weighted by Crippen LogP contribution is 2.29. The third-order valence-electron chi connectivity index (χ3n) is 2.15. The molecule has 100 valence electrons. The van der Waals surface area contributed by atoms with E-state index in [1.54, 1.807) is 6.07 Å². The SMILES string of the molecule is Fc1cnc(-c2cccc(OC(F)(F)F)c2)c(I)c1. The van der Waals surface area contributed by atoms with Crippen LogP contribution in [0.25, 0.3) is 11.3 Å². The first kappa shape index (κ1) is 14.0. The average Bonchev–Trinajstić information content (AvgIpc) is 2.26. The number of aromatic nitrogens is 1. The Labute approximate surface area is 119 Å². The molecule has 1 aromatic carbocycles. The summed E-state index contributed by atoms with van der Waals surface area (Å²) in [6.45, 7) is 0. The smallest absolute Gasteiger partial charge is 0.406 e. The Morgan fingerprint density at radius 1 is 1.16 bits per heavy atom. The summed E-state index contributed by atoms with van der Waals surface area (Å²) < 4.78 is 53.6.